The summed E-state index contributed by atoms with van der Waals surface area (Å²) in [4.78, 5) is 6.58. The molecular formula is C21H17ClF2N2. The van der Waals surface area contributed by atoms with Crippen LogP contribution in [0, 0.1) is 11.6 Å². The van der Waals surface area contributed by atoms with Gasteiger partial charge < -0.3 is 4.90 Å². The zero-order chi connectivity index (χ0) is 18.1. The molecule has 132 valence electrons. The first kappa shape index (κ1) is 17.0. The highest BCUT2D eigenvalue weighted by Gasteiger charge is 2.17. The van der Waals surface area contributed by atoms with Gasteiger partial charge in [-0.1, -0.05) is 17.7 Å². The van der Waals surface area contributed by atoms with Gasteiger partial charge in [0.25, 0.3) is 0 Å². The molecule has 2 heterocycles. The largest absolute Gasteiger partial charge is 0.366 e. The van der Waals surface area contributed by atoms with E-state index in [9.17, 15) is 8.78 Å². The molecule has 3 aromatic rings. The lowest BCUT2D eigenvalue weighted by Crippen LogP contribution is -2.30. The molecule has 1 aliphatic rings. The van der Waals surface area contributed by atoms with E-state index in [-0.39, 0.29) is 0 Å². The molecule has 0 unspecified atom stereocenters. The Hall–Kier alpha value is -2.46. The van der Waals surface area contributed by atoms with Crippen LogP contribution in [0.5, 0.6) is 0 Å². The average Bonchev–Trinajstić information content (AvgIpc) is 2.60. The molecule has 0 aliphatic carbocycles. The van der Waals surface area contributed by atoms with Crippen LogP contribution in [-0.4, -0.2) is 11.5 Å². The van der Waals surface area contributed by atoms with Crippen LogP contribution in [0.15, 0.2) is 54.9 Å². The molecule has 4 rings (SSSR count). The summed E-state index contributed by atoms with van der Waals surface area (Å²) in [5, 5.41) is 0.767. The lowest BCUT2D eigenvalue weighted by molar-refractivity contribution is 0.580. The van der Waals surface area contributed by atoms with Crippen molar-refractivity contribution in [2.45, 2.75) is 19.4 Å². The van der Waals surface area contributed by atoms with Gasteiger partial charge in [-0.15, -0.1) is 0 Å². The standard InChI is InChI=1S/C21H17ClF2N2/c22-18-2-1-17-13-26(4-3-16(17)9-18)21-8-15(11-25-12-21)5-14-6-19(23)10-20(24)7-14/h1-2,6-12H,3-5,13H2. The highest BCUT2D eigenvalue weighted by Crippen LogP contribution is 2.27. The van der Waals surface area contributed by atoms with Crippen molar-refractivity contribution >= 4 is 17.3 Å². The van der Waals surface area contributed by atoms with Crippen LogP contribution in [0.1, 0.15) is 22.3 Å². The molecule has 2 nitrogen and oxygen atoms in total. The Morgan fingerprint density at radius 1 is 0.923 bits per heavy atom. The third kappa shape index (κ3) is 3.70. The molecular weight excluding hydrogens is 354 g/mol. The van der Waals surface area contributed by atoms with E-state index in [1.54, 1.807) is 6.20 Å². The van der Waals surface area contributed by atoms with Crippen molar-refractivity contribution in [1.82, 2.24) is 4.98 Å². The smallest absolute Gasteiger partial charge is 0.126 e. The number of pyridine rings is 1. The maximum absolute atomic E-state index is 13.4. The number of anilines is 1. The predicted molar refractivity (Wildman–Crippen MR) is 99.6 cm³/mol. The van der Waals surface area contributed by atoms with Crippen LogP contribution in [0.3, 0.4) is 0 Å². The van der Waals surface area contributed by atoms with Crippen LogP contribution in [0.2, 0.25) is 5.02 Å². The Morgan fingerprint density at radius 2 is 1.73 bits per heavy atom. The first-order chi connectivity index (χ1) is 12.6. The summed E-state index contributed by atoms with van der Waals surface area (Å²) in [6.07, 6.45) is 4.94. The zero-order valence-corrected chi connectivity index (χ0v) is 14.8. The quantitative estimate of drug-likeness (QED) is 0.632. The second-order valence-corrected chi connectivity index (χ2v) is 7.03. The van der Waals surface area contributed by atoms with Crippen molar-refractivity contribution < 1.29 is 8.78 Å². The molecule has 0 bridgehead atoms. The van der Waals surface area contributed by atoms with E-state index in [2.05, 4.69) is 16.0 Å². The number of rotatable bonds is 3. The summed E-state index contributed by atoms with van der Waals surface area (Å²) in [7, 11) is 0. The van der Waals surface area contributed by atoms with Gasteiger partial charge in [0.2, 0.25) is 0 Å². The number of benzene rings is 2. The molecule has 0 fully saturated rings. The van der Waals surface area contributed by atoms with Crippen molar-refractivity contribution in [3.63, 3.8) is 0 Å². The van der Waals surface area contributed by atoms with Crippen molar-refractivity contribution in [3.05, 3.63) is 93.8 Å². The Bertz CT molecular complexity index is 938. The molecule has 1 aliphatic heterocycles. The first-order valence-electron chi connectivity index (χ1n) is 8.48. The Kier molecular flexibility index (Phi) is 4.60. The molecule has 5 heteroatoms. The summed E-state index contributed by atoms with van der Waals surface area (Å²) in [6.45, 7) is 1.68. The third-order valence-electron chi connectivity index (χ3n) is 4.66. The molecule has 0 saturated carbocycles. The summed E-state index contributed by atoms with van der Waals surface area (Å²) in [5.41, 5.74) is 5.08. The van der Waals surface area contributed by atoms with Crippen LogP contribution >= 0.6 is 11.6 Å². The summed E-state index contributed by atoms with van der Waals surface area (Å²) >= 11 is 6.07. The van der Waals surface area contributed by atoms with Crippen LogP contribution < -0.4 is 4.90 Å². The number of aromatic nitrogens is 1. The second-order valence-electron chi connectivity index (χ2n) is 6.59. The Balaban J connectivity index is 1.55. The fourth-order valence-electron chi connectivity index (χ4n) is 3.43. The number of nitrogens with zero attached hydrogens (tertiary/aromatic N) is 2. The van der Waals surface area contributed by atoms with Gasteiger partial charge in [0.1, 0.15) is 11.6 Å². The molecule has 0 spiro atoms. The van der Waals surface area contributed by atoms with Gasteiger partial charge in [0, 0.05) is 30.4 Å². The lowest BCUT2D eigenvalue weighted by atomic mass is 9.99. The summed E-state index contributed by atoms with van der Waals surface area (Å²) in [6, 6.07) is 11.6. The lowest BCUT2D eigenvalue weighted by Gasteiger charge is -2.30. The number of hydrogen-bond acceptors (Lipinski definition) is 2. The van der Waals surface area contributed by atoms with Crippen molar-refractivity contribution in [2.24, 2.45) is 0 Å². The van der Waals surface area contributed by atoms with E-state index in [0.29, 0.717) is 12.0 Å². The SMILES string of the molecule is Fc1cc(F)cc(Cc2cncc(N3CCc4cc(Cl)ccc4C3)c2)c1. The van der Waals surface area contributed by atoms with E-state index < -0.39 is 11.6 Å². The second kappa shape index (κ2) is 7.04. The van der Waals surface area contributed by atoms with Crippen LogP contribution in [-0.2, 0) is 19.4 Å². The third-order valence-corrected chi connectivity index (χ3v) is 4.89. The van der Waals surface area contributed by atoms with Crippen molar-refractivity contribution in [2.75, 3.05) is 11.4 Å². The highest BCUT2D eigenvalue weighted by molar-refractivity contribution is 6.30. The van der Waals surface area contributed by atoms with Gasteiger partial charge in [-0.2, -0.15) is 0 Å². The fourth-order valence-corrected chi connectivity index (χ4v) is 3.63. The molecule has 0 saturated heterocycles. The Labute approximate surface area is 156 Å². The fraction of sp³-hybridized carbons (Fsp3) is 0.190. The molecule has 2 aromatic carbocycles. The highest BCUT2D eigenvalue weighted by atomic mass is 35.5. The van der Waals surface area contributed by atoms with Gasteiger partial charge in [-0.05, 0) is 65.4 Å². The number of hydrogen-bond donors (Lipinski definition) is 0. The first-order valence-corrected chi connectivity index (χ1v) is 8.86. The molecule has 1 aromatic heterocycles. The van der Waals surface area contributed by atoms with E-state index in [0.717, 1.165) is 41.9 Å². The average molecular weight is 371 g/mol. The molecule has 0 radical (unpaired) electrons. The molecule has 26 heavy (non-hydrogen) atoms. The van der Waals surface area contributed by atoms with Gasteiger partial charge in [0.15, 0.2) is 0 Å². The van der Waals surface area contributed by atoms with Crippen LogP contribution in [0.25, 0.3) is 0 Å². The topological polar surface area (TPSA) is 16.1 Å². The maximum atomic E-state index is 13.4. The van der Waals surface area contributed by atoms with Gasteiger partial charge >= 0.3 is 0 Å². The predicted octanol–water partition coefficient (Wildman–Crippen LogP) is 5.17. The number of fused-ring (bicyclic) bond motifs is 1. The monoisotopic (exact) mass is 370 g/mol. The molecule has 0 amide bonds. The normalized spacial score (nSPS) is 13.6. The molecule has 0 atom stereocenters. The van der Waals surface area contributed by atoms with Gasteiger partial charge in [-0.25, -0.2) is 8.78 Å². The maximum Gasteiger partial charge on any atom is 0.126 e. The van der Waals surface area contributed by atoms with Crippen LogP contribution in [0.4, 0.5) is 14.5 Å². The summed E-state index contributed by atoms with van der Waals surface area (Å²) in [5.74, 6) is -1.12. The van der Waals surface area contributed by atoms with E-state index >= 15 is 0 Å². The van der Waals surface area contributed by atoms with E-state index in [4.69, 9.17) is 11.6 Å². The van der Waals surface area contributed by atoms with Gasteiger partial charge in [-0.3, -0.25) is 4.98 Å². The minimum absolute atomic E-state index is 0.440. The number of halogens is 3. The summed E-state index contributed by atoms with van der Waals surface area (Å²) < 4.78 is 26.8. The van der Waals surface area contributed by atoms with E-state index in [1.165, 1.54) is 23.3 Å². The minimum atomic E-state index is -0.560. The minimum Gasteiger partial charge on any atom is -0.366 e. The molecule has 0 N–H and O–H groups in total. The Morgan fingerprint density at radius 3 is 2.54 bits per heavy atom. The van der Waals surface area contributed by atoms with Gasteiger partial charge in [0.05, 0.1) is 11.9 Å². The van der Waals surface area contributed by atoms with E-state index in [1.807, 2.05) is 24.4 Å². The zero-order valence-electron chi connectivity index (χ0n) is 14.1. The van der Waals surface area contributed by atoms with Crippen molar-refractivity contribution in [3.8, 4) is 0 Å². The van der Waals surface area contributed by atoms with Crippen molar-refractivity contribution in [1.29, 1.82) is 0 Å².